The highest BCUT2D eigenvalue weighted by Gasteiger charge is 2.10. The van der Waals surface area contributed by atoms with Crippen molar-refractivity contribution in [1.29, 1.82) is 0 Å². The fourth-order valence-electron chi connectivity index (χ4n) is 2.32. The summed E-state index contributed by atoms with van der Waals surface area (Å²) in [4.78, 5) is 0. The van der Waals surface area contributed by atoms with Crippen LogP contribution >= 0.6 is 0 Å². The monoisotopic (exact) mass is 273 g/mol. The molecule has 0 heterocycles. The average Bonchev–Trinajstić information content (AvgIpc) is 2.42. The van der Waals surface area contributed by atoms with Gasteiger partial charge >= 0.3 is 0 Å². The molecule has 0 radical (unpaired) electrons. The van der Waals surface area contributed by atoms with Crippen LogP contribution in [0.15, 0.2) is 48.5 Å². The lowest BCUT2D eigenvalue weighted by Gasteiger charge is -2.20. The molecule has 2 rings (SSSR count). The van der Waals surface area contributed by atoms with E-state index in [1.54, 1.807) is 24.3 Å². The van der Waals surface area contributed by atoms with Crippen LogP contribution in [0.5, 0.6) is 5.75 Å². The third kappa shape index (κ3) is 4.07. The zero-order valence-electron chi connectivity index (χ0n) is 11.8. The van der Waals surface area contributed by atoms with E-state index in [1.807, 2.05) is 12.1 Å². The Kier molecular flexibility index (Phi) is 4.74. The normalized spacial score (nSPS) is 13.9. The SMILES string of the molecule is CC(Cc1ccc(O)cc1)N[C@@H](C)c1ccc(F)cc1. The van der Waals surface area contributed by atoms with Crippen molar-refractivity contribution in [1.82, 2.24) is 5.32 Å². The van der Waals surface area contributed by atoms with E-state index in [9.17, 15) is 9.50 Å². The van der Waals surface area contributed by atoms with Crippen LogP contribution < -0.4 is 5.32 Å². The topological polar surface area (TPSA) is 32.3 Å². The van der Waals surface area contributed by atoms with E-state index in [4.69, 9.17) is 0 Å². The van der Waals surface area contributed by atoms with Crippen LogP contribution in [0.4, 0.5) is 4.39 Å². The summed E-state index contributed by atoms with van der Waals surface area (Å²) in [6.07, 6.45) is 0.881. The summed E-state index contributed by atoms with van der Waals surface area (Å²) in [5.41, 5.74) is 2.25. The Labute approximate surface area is 119 Å². The number of phenols is 1. The van der Waals surface area contributed by atoms with Crippen molar-refractivity contribution in [2.24, 2.45) is 0 Å². The zero-order chi connectivity index (χ0) is 14.5. The van der Waals surface area contributed by atoms with Crippen molar-refractivity contribution in [2.45, 2.75) is 32.4 Å². The number of phenolic OH excluding ortho intramolecular Hbond substituents is 1. The first-order valence-corrected chi connectivity index (χ1v) is 6.84. The Bertz CT molecular complexity index is 536. The van der Waals surface area contributed by atoms with Gasteiger partial charge < -0.3 is 10.4 Å². The van der Waals surface area contributed by atoms with Gasteiger partial charge in [0.15, 0.2) is 0 Å². The van der Waals surface area contributed by atoms with Crippen LogP contribution in [-0.4, -0.2) is 11.1 Å². The van der Waals surface area contributed by atoms with Gasteiger partial charge in [-0.05, 0) is 55.7 Å². The number of aromatic hydroxyl groups is 1. The van der Waals surface area contributed by atoms with Crippen LogP contribution in [0.2, 0.25) is 0 Å². The molecule has 0 amide bonds. The number of benzene rings is 2. The van der Waals surface area contributed by atoms with Gasteiger partial charge in [0.05, 0.1) is 0 Å². The van der Waals surface area contributed by atoms with E-state index in [2.05, 4.69) is 19.2 Å². The van der Waals surface area contributed by atoms with Gasteiger partial charge in [-0.3, -0.25) is 0 Å². The average molecular weight is 273 g/mol. The Hall–Kier alpha value is -1.87. The molecule has 0 saturated heterocycles. The predicted molar refractivity (Wildman–Crippen MR) is 79.2 cm³/mol. The van der Waals surface area contributed by atoms with Crippen molar-refractivity contribution in [3.05, 3.63) is 65.5 Å². The van der Waals surface area contributed by atoms with Crippen molar-refractivity contribution >= 4 is 0 Å². The summed E-state index contributed by atoms with van der Waals surface area (Å²) in [7, 11) is 0. The van der Waals surface area contributed by atoms with Crippen LogP contribution in [0, 0.1) is 5.82 Å². The van der Waals surface area contributed by atoms with Gasteiger partial charge in [0.2, 0.25) is 0 Å². The minimum atomic E-state index is -0.210. The Morgan fingerprint density at radius 3 is 2.20 bits per heavy atom. The van der Waals surface area contributed by atoms with Gasteiger partial charge in [0.25, 0.3) is 0 Å². The van der Waals surface area contributed by atoms with Crippen molar-refractivity contribution in [3.8, 4) is 5.75 Å². The smallest absolute Gasteiger partial charge is 0.123 e. The first kappa shape index (κ1) is 14.5. The second-order valence-electron chi connectivity index (χ2n) is 5.21. The first-order valence-electron chi connectivity index (χ1n) is 6.84. The summed E-state index contributed by atoms with van der Waals surface area (Å²) in [5, 5.41) is 12.8. The molecule has 0 aliphatic heterocycles. The maximum Gasteiger partial charge on any atom is 0.123 e. The Morgan fingerprint density at radius 1 is 1.00 bits per heavy atom. The number of hydrogen-bond acceptors (Lipinski definition) is 2. The van der Waals surface area contributed by atoms with Gasteiger partial charge in [0.1, 0.15) is 11.6 Å². The molecule has 2 aromatic carbocycles. The Morgan fingerprint density at radius 2 is 1.60 bits per heavy atom. The molecular weight excluding hydrogens is 253 g/mol. The van der Waals surface area contributed by atoms with Crippen LogP contribution in [0.1, 0.15) is 31.0 Å². The molecular formula is C17H20FNO. The number of nitrogens with one attached hydrogen (secondary N) is 1. The number of rotatable bonds is 5. The minimum absolute atomic E-state index is 0.169. The maximum atomic E-state index is 12.9. The highest BCUT2D eigenvalue weighted by Crippen LogP contribution is 2.16. The standard InChI is InChI=1S/C17H20FNO/c1-12(11-14-3-9-17(20)10-4-14)19-13(2)15-5-7-16(18)8-6-15/h3-10,12-13,19-20H,11H2,1-2H3/t12?,13-/m0/s1. The number of hydrogen-bond donors (Lipinski definition) is 2. The lowest BCUT2D eigenvalue weighted by molar-refractivity contribution is 0.470. The molecule has 0 bridgehead atoms. The van der Waals surface area contributed by atoms with Crippen molar-refractivity contribution in [3.63, 3.8) is 0 Å². The van der Waals surface area contributed by atoms with Crippen LogP contribution in [0.25, 0.3) is 0 Å². The lowest BCUT2D eigenvalue weighted by Crippen LogP contribution is -2.30. The maximum absolute atomic E-state index is 12.9. The lowest BCUT2D eigenvalue weighted by atomic mass is 10.0. The van der Waals surface area contributed by atoms with Gasteiger partial charge in [-0.2, -0.15) is 0 Å². The van der Waals surface area contributed by atoms with E-state index >= 15 is 0 Å². The van der Waals surface area contributed by atoms with E-state index in [0.717, 1.165) is 12.0 Å². The molecule has 1 unspecified atom stereocenters. The van der Waals surface area contributed by atoms with E-state index in [1.165, 1.54) is 17.7 Å². The summed E-state index contributed by atoms with van der Waals surface area (Å²) in [6.45, 7) is 4.19. The van der Waals surface area contributed by atoms with Gasteiger partial charge in [-0.25, -0.2) is 4.39 Å². The summed E-state index contributed by atoms with van der Waals surface area (Å²) in [5.74, 6) is 0.0761. The molecule has 0 saturated carbocycles. The highest BCUT2D eigenvalue weighted by molar-refractivity contribution is 5.26. The van der Waals surface area contributed by atoms with Crippen molar-refractivity contribution < 1.29 is 9.50 Å². The molecule has 0 fully saturated rings. The Balaban J connectivity index is 1.92. The predicted octanol–water partition coefficient (Wildman–Crippen LogP) is 3.81. The molecule has 0 spiro atoms. The highest BCUT2D eigenvalue weighted by atomic mass is 19.1. The molecule has 2 atom stereocenters. The minimum Gasteiger partial charge on any atom is -0.508 e. The molecule has 3 heteroatoms. The molecule has 20 heavy (non-hydrogen) atoms. The summed E-state index contributed by atoms with van der Waals surface area (Å²) < 4.78 is 12.9. The third-order valence-corrected chi connectivity index (χ3v) is 3.38. The summed E-state index contributed by atoms with van der Waals surface area (Å²) >= 11 is 0. The van der Waals surface area contributed by atoms with Crippen LogP contribution in [-0.2, 0) is 6.42 Å². The van der Waals surface area contributed by atoms with Gasteiger partial charge in [-0.1, -0.05) is 24.3 Å². The fraction of sp³-hybridized carbons (Fsp3) is 0.294. The largest absolute Gasteiger partial charge is 0.508 e. The second-order valence-corrected chi connectivity index (χ2v) is 5.21. The first-order chi connectivity index (χ1) is 9.54. The molecule has 0 aliphatic carbocycles. The molecule has 2 aromatic rings. The molecule has 106 valence electrons. The molecule has 0 aromatic heterocycles. The molecule has 0 aliphatic rings. The zero-order valence-corrected chi connectivity index (χ0v) is 11.8. The van der Waals surface area contributed by atoms with E-state index < -0.39 is 0 Å². The quantitative estimate of drug-likeness (QED) is 0.868. The second kappa shape index (κ2) is 6.53. The summed E-state index contributed by atoms with van der Waals surface area (Å²) in [6, 6.07) is 14.3. The number of halogens is 1. The van der Waals surface area contributed by atoms with Gasteiger partial charge in [0, 0.05) is 12.1 Å². The van der Waals surface area contributed by atoms with E-state index in [-0.39, 0.29) is 17.6 Å². The van der Waals surface area contributed by atoms with E-state index in [0.29, 0.717) is 6.04 Å². The van der Waals surface area contributed by atoms with Crippen LogP contribution in [0.3, 0.4) is 0 Å². The van der Waals surface area contributed by atoms with Gasteiger partial charge in [-0.15, -0.1) is 0 Å². The molecule has 2 nitrogen and oxygen atoms in total. The van der Waals surface area contributed by atoms with Crippen molar-refractivity contribution in [2.75, 3.05) is 0 Å². The fourth-order valence-corrected chi connectivity index (χ4v) is 2.32. The molecule has 2 N–H and O–H groups in total. The third-order valence-electron chi connectivity index (χ3n) is 3.38.